The Morgan fingerprint density at radius 1 is 0.938 bits per heavy atom. The van der Waals surface area contributed by atoms with E-state index < -0.39 is 0 Å². The van der Waals surface area contributed by atoms with Crippen LogP contribution < -0.4 is 5.32 Å². The number of piperidine rings is 1. The van der Waals surface area contributed by atoms with Crippen molar-refractivity contribution in [3.63, 3.8) is 0 Å². The molecule has 3 rings (SSSR count). The highest BCUT2D eigenvalue weighted by Crippen LogP contribution is 2.35. The molecule has 1 saturated heterocycles. The van der Waals surface area contributed by atoms with Gasteiger partial charge in [0.2, 0.25) is 0 Å². The van der Waals surface area contributed by atoms with Crippen LogP contribution in [0.5, 0.6) is 0 Å². The summed E-state index contributed by atoms with van der Waals surface area (Å²) in [5.41, 5.74) is 1.35. The van der Waals surface area contributed by atoms with Gasteiger partial charge in [0.05, 0.1) is 0 Å². The van der Waals surface area contributed by atoms with Gasteiger partial charge in [-0.05, 0) is 50.3 Å². The third-order valence-corrected chi connectivity index (χ3v) is 3.97. The quantitative estimate of drug-likeness (QED) is 0.825. The minimum Gasteiger partial charge on any atom is -0.317 e. The van der Waals surface area contributed by atoms with Gasteiger partial charge in [-0.25, -0.2) is 9.97 Å². The van der Waals surface area contributed by atoms with Crippen LogP contribution in [-0.2, 0) is 0 Å². The van der Waals surface area contributed by atoms with Crippen molar-refractivity contribution in [2.45, 2.75) is 43.9 Å². The maximum atomic E-state index is 4.57. The van der Waals surface area contributed by atoms with Crippen LogP contribution >= 0.6 is 0 Å². The zero-order valence-corrected chi connectivity index (χ0v) is 9.65. The molecule has 3 heteroatoms. The molecule has 0 atom stereocenters. The molecule has 1 aliphatic carbocycles. The van der Waals surface area contributed by atoms with Crippen LogP contribution in [0.25, 0.3) is 0 Å². The van der Waals surface area contributed by atoms with Crippen molar-refractivity contribution in [3.05, 3.63) is 23.8 Å². The number of nitrogens with one attached hydrogen (secondary N) is 1. The largest absolute Gasteiger partial charge is 0.317 e. The molecule has 0 amide bonds. The molecule has 1 aromatic heterocycles. The van der Waals surface area contributed by atoms with Crippen molar-refractivity contribution in [1.29, 1.82) is 0 Å². The number of nitrogens with zero attached hydrogens (tertiary/aromatic N) is 2. The molecule has 86 valence electrons. The maximum Gasteiger partial charge on any atom is 0.131 e. The Bertz CT molecular complexity index is 337. The molecule has 0 bridgehead atoms. The molecule has 1 aromatic rings. The number of aromatic nitrogens is 2. The van der Waals surface area contributed by atoms with Crippen molar-refractivity contribution >= 4 is 0 Å². The van der Waals surface area contributed by atoms with Crippen LogP contribution in [0.3, 0.4) is 0 Å². The predicted octanol–water partition coefficient (Wildman–Crippen LogP) is 2.21. The Morgan fingerprint density at radius 2 is 1.62 bits per heavy atom. The summed E-state index contributed by atoms with van der Waals surface area (Å²) in [5, 5.41) is 3.38. The summed E-state index contributed by atoms with van der Waals surface area (Å²) in [5.74, 6) is 2.39. The van der Waals surface area contributed by atoms with E-state index in [9.17, 15) is 0 Å². The summed E-state index contributed by atoms with van der Waals surface area (Å²) in [7, 11) is 0. The van der Waals surface area contributed by atoms with Gasteiger partial charge in [-0.15, -0.1) is 0 Å². The van der Waals surface area contributed by atoms with Gasteiger partial charge < -0.3 is 5.32 Å². The highest BCUT2D eigenvalue weighted by atomic mass is 14.9. The smallest absolute Gasteiger partial charge is 0.131 e. The van der Waals surface area contributed by atoms with E-state index >= 15 is 0 Å². The molecule has 2 fully saturated rings. The fourth-order valence-electron chi connectivity index (χ4n) is 2.59. The first-order valence-electron chi connectivity index (χ1n) is 6.46. The van der Waals surface area contributed by atoms with Crippen LogP contribution in [0.4, 0.5) is 0 Å². The lowest BCUT2D eigenvalue weighted by Crippen LogP contribution is -2.27. The van der Waals surface area contributed by atoms with Crippen LogP contribution in [0.15, 0.2) is 12.4 Å². The van der Waals surface area contributed by atoms with E-state index in [0.717, 1.165) is 24.8 Å². The molecule has 2 aliphatic rings. The zero-order valence-electron chi connectivity index (χ0n) is 9.65. The molecule has 1 saturated carbocycles. The molecule has 0 aromatic carbocycles. The van der Waals surface area contributed by atoms with E-state index in [-0.39, 0.29) is 0 Å². The molecule has 3 nitrogen and oxygen atoms in total. The molecule has 1 N–H and O–H groups in total. The first-order valence-corrected chi connectivity index (χ1v) is 6.46. The normalized spacial score (nSPS) is 23.0. The van der Waals surface area contributed by atoms with Crippen LogP contribution in [0.1, 0.15) is 55.3 Å². The van der Waals surface area contributed by atoms with Crippen LogP contribution in [-0.4, -0.2) is 23.1 Å². The van der Waals surface area contributed by atoms with Crippen LogP contribution in [0, 0.1) is 0 Å². The molecule has 2 heterocycles. The number of hydrogen-bond acceptors (Lipinski definition) is 3. The second-order valence-electron chi connectivity index (χ2n) is 5.03. The fourth-order valence-corrected chi connectivity index (χ4v) is 2.59. The van der Waals surface area contributed by atoms with Crippen molar-refractivity contribution in [1.82, 2.24) is 15.3 Å². The first kappa shape index (κ1) is 10.2. The summed E-state index contributed by atoms with van der Waals surface area (Å²) in [4.78, 5) is 9.13. The highest BCUT2D eigenvalue weighted by Gasteiger charge is 2.22. The Morgan fingerprint density at radius 3 is 2.19 bits per heavy atom. The van der Waals surface area contributed by atoms with E-state index in [4.69, 9.17) is 0 Å². The van der Waals surface area contributed by atoms with E-state index in [0.29, 0.717) is 5.92 Å². The fraction of sp³-hybridized carbons (Fsp3) is 0.692. The average molecular weight is 217 g/mol. The number of hydrogen-bond donors (Lipinski definition) is 1. The summed E-state index contributed by atoms with van der Waals surface area (Å²) in [6.07, 6.45) is 10.5. The maximum absolute atomic E-state index is 4.57. The summed E-state index contributed by atoms with van der Waals surface area (Å²) < 4.78 is 0. The van der Waals surface area contributed by atoms with E-state index in [1.165, 1.54) is 37.7 Å². The van der Waals surface area contributed by atoms with Gasteiger partial charge in [-0.3, -0.25) is 0 Å². The minimum atomic E-state index is 0.580. The Hall–Kier alpha value is -0.960. The number of rotatable bonds is 2. The lowest BCUT2D eigenvalue weighted by molar-refractivity contribution is 0.414. The Labute approximate surface area is 96.7 Å². The van der Waals surface area contributed by atoms with Gasteiger partial charge in [-0.2, -0.15) is 0 Å². The summed E-state index contributed by atoms with van der Waals surface area (Å²) >= 11 is 0. The molecule has 0 radical (unpaired) electrons. The highest BCUT2D eigenvalue weighted by molar-refractivity contribution is 5.15. The first-order chi connectivity index (χ1) is 7.93. The second-order valence-corrected chi connectivity index (χ2v) is 5.03. The van der Waals surface area contributed by atoms with Crippen molar-refractivity contribution in [2.24, 2.45) is 0 Å². The van der Waals surface area contributed by atoms with Crippen LogP contribution in [0.2, 0.25) is 0 Å². The van der Waals surface area contributed by atoms with E-state index in [1.54, 1.807) is 0 Å². The van der Waals surface area contributed by atoms with Gasteiger partial charge in [0, 0.05) is 18.3 Å². The summed E-state index contributed by atoms with van der Waals surface area (Å²) in [6.45, 7) is 2.22. The van der Waals surface area contributed by atoms with Crippen molar-refractivity contribution in [3.8, 4) is 0 Å². The van der Waals surface area contributed by atoms with Gasteiger partial charge in [0.25, 0.3) is 0 Å². The van der Waals surface area contributed by atoms with Gasteiger partial charge in [0.1, 0.15) is 5.82 Å². The predicted molar refractivity (Wildman–Crippen MR) is 63.5 cm³/mol. The van der Waals surface area contributed by atoms with Crippen molar-refractivity contribution < 1.29 is 0 Å². The molecule has 0 spiro atoms. The third-order valence-electron chi connectivity index (χ3n) is 3.97. The van der Waals surface area contributed by atoms with Gasteiger partial charge in [-0.1, -0.05) is 6.42 Å². The average Bonchev–Trinajstić information content (AvgIpc) is 2.29. The lowest BCUT2D eigenvalue weighted by Gasteiger charge is -2.26. The Balaban J connectivity index is 1.70. The SMILES string of the molecule is c1nc(C2CCNCC2)ncc1C1CCC1. The van der Waals surface area contributed by atoms with E-state index in [2.05, 4.69) is 27.7 Å². The van der Waals surface area contributed by atoms with Crippen molar-refractivity contribution in [2.75, 3.05) is 13.1 Å². The van der Waals surface area contributed by atoms with E-state index in [1.807, 2.05) is 0 Å². The Kier molecular flexibility index (Phi) is 2.87. The monoisotopic (exact) mass is 217 g/mol. The minimum absolute atomic E-state index is 0.580. The molecule has 0 unspecified atom stereocenters. The van der Waals surface area contributed by atoms with Gasteiger partial charge >= 0.3 is 0 Å². The molecular weight excluding hydrogens is 198 g/mol. The second kappa shape index (κ2) is 4.50. The lowest BCUT2D eigenvalue weighted by atomic mass is 9.81. The summed E-state index contributed by atoms with van der Waals surface area (Å²) in [6, 6.07) is 0. The molecule has 1 aliphatic heterocycles. The topological polar surface area (TPSA) is 37.8 Å². The zero-order chi connectivity index (χ0) is 10.8. The molecular formula is C13H19N3. The third kappa shape index (κ3) is 1.96. The standard InChI is InChI=1S/C13H19N3/c1-2-10(3-1)12-8-15-13(16-9-12)11-4-6-14-7-5-11/h8-11,14H,1-7H2. The molecule has 16 heavy (non-hydrogen) atoms. The van der Waals surface area contributed by atoms with Gasteiger partial charge in [0.15, 0.2) is 0 Å².